The highest BCUT2D eigenvalue weighted by Crippen LogP contribution is 2.18. The first-order chi connectivity index (χ1) is 8.70. The van der Waals surface area contributed by atoms with Gasteiger partial charge in [0.15, 0.2) is 0 Å². The first kappa shape index (κ1) is 12.9. The fourth-order valence-corrected chi connectivity index (χ4v) is 2.55. The summed E-state index contributed by atoms with van der Waals surface area (Å²) >= 11 is 0. The number of hydrogen-bond acceptors (Lipinski definition) is 3. The van der Waals surface area contributed by atoms with E-state index in [0.29, 0.717) is 12.5 Å². The van der Waals surface area contributed by atoms with Crippen molar-refractivity contribution < 1.29 is 9.90 Å². The van der Waals surface area contributed by atoms with Crippen molar-refractivity contribution in [3.8, 4) is 0 Å². The van der Waals surface area contributed by atoms with Crippen molar-refractivity contribution in [3.05, 3.63) is 30.3 Å². The van der Waals surface area contributed by atoms with Gasteiger partial charge in [0.1, 0.15) is 6.04 Å². The second kappa shape index (κ2) is 5.87. The fourth-order valence-electron chi connectivity index (χ4n) is 2.55. The molecule has 18 heavy (non-hydrogen) atoms. The van der Waals surface area contributed by atoms with Gasteiger partial charge in [-0.3, -0.25) is 9.69 Å². The molecule has 4 nitrogen and oxygen atoms in total. The van der Waals surface area contributed by atoms with Gasteiger partial charge in [-0.2, -0.15) is 0 Å². The monoisotopic (exact) mass is 248 g/mol. The Morgan fingerprint density at radius 3 is 2.83 bits per heavy atom. The van der Waals surface area contributed by atoms with Crippen LogP contribution in [0.3, 0.4) is 0 Å². The van der Waals surface area contributed by atoms with Crippen molar-refractivity contribution >= 4 is 11.7 Å². The Labute approximate surface area is 108 Å². The first-order valence-corrected chi connectivity index (χ1v) is 6.49. The van der Waals surface area contributed by atoms with Crippen molar-refractivity contribution in [2.24, 2.45) is 0 Å². The van der Waals surface area contributed by atoms with Crippen LogP contribution in [-0.4, -0.2) is 41.1 Å². The van der Waals surface area contributed by atoms with Gasteiger partial charge in [0.25, 0.3) is 0 Å². The molecule has 1 fully saturated rings. The summed E-state index contributed by atoms with van der Waals surface area (Å²) in [6.07, 6.45) is 1.66. The summed E-state index contributed by atoms with van der Waals surface area (Å²) in [7, 11) is 0. The number of para-hydroxylation sites is 1. The number of aliphatic carboxylic acids is 1. The van der Waals surface area contributed by atoms with Crippen LogP contribution < -0.4 is 5.32 Å². The van der Waals surface area contributed by atoms with Crippen molar-refractivity contribution in [1.82, 2.24) is 4.90 Å². The average molecular weight is 248 g/mol. The Morgan fingerprint density at radius 2 is 2.22 bits per heavy atom. The van der Waals surface area contributed by atoms with Gasteiger partial charge < -0.3 is 10.4 Å². The van der Waals surface area contributed by atoms with Crippen molar-refractivity contribution in [2.45, 2.75) is 31.8 Å². The van der Waals surface area contributed by atoms with Gasteiger partial charge >= 0.3 is 5.97 Å². The smallest absolute Gasteiger partial charge is 0.320 e. The predicted octanol–water partition coefficient (Wildman–Crippen LogP) is 2.04. The van der Waals surface area contributed by atoms with Gasteiger partial charge in [-0.15, -0.1) is 0 Å². The molecule has 1 heterocycles. The zero-order chi connectivity index (χ0) is 13.0. The molecule has 0 bridgehead atoms. The van der Waals surface area contributed by atoms with Crippen LogP contribution in [0.5, 0.6) is 0 Å². The maximum Gasteiger partial charge on any atom is 0.320 e. The third kappa shape index (κ3) is 3.01. The summed E-state index contributed by atoms with van der Waals surface area (Å²) < 4.78 is 0. The van der Waals surface area contributed by atoms with E-state index in [0.717, 1.165) is 25.2 Å². The molecule has 0 spiro atoms. The molecule has 2 atom stereocenters. The largest absolute Gasteiger partial charge is 0.480 e. The number of carboxylic acids is 1. The Balaban J connectivity index is 1.90. The van der Waals surface area contributed by atoms with Crippen molar-refractivity contribution in [3.63, 3.8) is 0 Å². The summed E-state index contributed by atoms with van der Waals surface area (Å²) in [5.74, 6) is -0.710. The van der Waals surface area contributed by atoms with E-state index in [-0.39, 0.29) is 6.04 Å². The zero-order valence-electron chi connectivity index (χ0n) is 10.7. The molecule has 0 unspecified atom stereocenters. The lowest BCUT2D eigenvalue weighted by Crippen LogP contribution is -2.40. The van der Waals surface area contributed by atoms with E-state index in [1.165, 1.54) is 0 Å². The minimum absolute atomic E-state index is 0.340. The van der Waals surface area contributed by atoms with Gasteiger partial charge in [-0.05, 0) is 25.0 Å². The maximum absolute atomic E-state index is 11.1. The molecule has 1 aliphatic rings. The Bertz CT molecular complexity index is 394. The van der Waals surface area contributed by atoms with Gasteiger partial charge in [0, 0.05) is 24.8 Å². The minimum Gasteiger partial charge on any atom is -0.480 e. The SMILES string of the molecule is CC[C@H](C(=O)O)N1CC[C@H](Nc2ccccc2)C1. The number of carboxylic acid groups (broad SMARTS) is 1. The predicted molar refractivity (Wildman–Crippen MR) is 71.8 cm³/mol. The van der Waals surface area contributed by atoms with Gasteiger partial charge in [0.05, 0.1) is 0 Å². The maximum atomic E-state index is 11.1. The van der Waals surface area contributed by atoms with Crippen LogP contribution in [0.4, 0.5) is 5.69 Å². The van der Waals surface area contributed by atoms with E-state index in [1.807, 2.05) is 37.3 Å². The van der Waals surface area contributed by atoms with E-state index in [4.69, 9.17) is 5.11 Å². The number of anilines is 1. The number of carbonyl (C=O) groups is 1. The molecular formula is C14H20N2O2. The number of nitrogens with zero attached hydrogens (tertiary/aromatic N) is 1. The average Bonchev–Trinajstić information content (AvgIpc) is 2.79. The van der Waals surface area contributed by atoms with E-state index in [9.17, 15) is 4.79 Å². The van der Waals surface area contributed by atoms with Crippen LogP contribution >= 0.6 is 0 Å². The first-order valence-electron chi connectivity index (χ1n) is 6.49. The highest BCUT2D eigenvalue weighted by Gasteiger charge is 2.30. The highest BCUT2D eigenvalue weighted by molar-refractivity contribution is 5.73. The molecule has 2 N–H and O–H groups in total. The Kier molecular flexibility index (Phi) is 4.20. The molecule has 1 aliphatic heterocycles. The summed E-state index contributed by atoms with van der Waals surface area (Å²) in [5, 5.41) is 12.6. The van der Waals surface area contributed by atoms with Gasteiger partial charge in [-0.1, -0.05) is 25.1 Å². The second-order valence-corrected chi connectivity index (χ2v) is 4.75. The van der Waals surface area contributed by atoms with Crippen molar-refractivity contribution in [1.29, 1.82) is 0 Å². The van der Waals surface area contributed by atoms with Gasteiger partial charge in [0.2, 0.25) is 0 Å². The minimum atomic E-state index is -0.710. The number of nitrogens with one attached hydrogen (secondary N) is 1. The lowest BCUT2D eigenvalue weighted by molar-refractivity contribution is -0.143. The second-order valence-electron chi connectivity index (χ2n) is 4.75. The normalized spacial score (nSPS) is 21.7. The molecule has 0 amide bonds. The summed E-state index contributed by atoms with van der Waals surface area (Å²) in [4.78, 5) is 13.2. The molecule has 1 aromatic rings. The van der Waals surface area contributed by atoms with Gasteiger partial charge in [-0.25, -0.2) is 0 Å². The molecule has 0 aliphatic carbocycles. The standard InChI is InChI=1S/C14H20N2O2/c1-2-13(14(17)18)16-9-8-12(10-16)15-11-6-4-3-5-7-11/h3-7,12-13,15H,2,8-10H2,1H3,(H,17,18)/t12-,13+/m0/s1. The number of benzene rings is 1. The van der Waals surface area contributed by atoms with E-state index in [2.05, 4.69) is 10.2 Å². The topological polar surface area (TPSA) is 52.6 Å². The van der Waals surface area contributed by atoms with Crippen LogP contribution in [0, 0.1) is 0 Å². The Hall–Kier alpha value is -1.55. The van der Waals surface area contributed by atoms with E-state index in [1.54, 1.807) is 0 Å². The van der Waals surface area contributed by atoms with Crippen LogP contribution in [-0.2, 0) is 4.79 Å². The molecular weight excluding hydrogens is 228 g/mol. The molecule has 1 aromatic carbocycles. The Morgan fingerprint density at radius 1 is 1.50 bits per heavy atom. The molecule has 0 saturated carbocycles. The molecule has 4 heteroatoms. The van der Waals surface area contributed by atoms with Crippen molar-refractivity contribution in [2.75, 3.05) is 18.4 Å². The number of likely N-dealkylation sites (tertiary alicyclic amines) is 1. The van der Waals surface area contributed by atoms with Crippen LogP contribution in [0.2, 0.25) is 0 Å². The van der Waals surface area contributed by atoms with E-state index >= 15 is 0 Å². The molecule has 2 rings (SSSR count). The van der Waals surface area contributed by atoms with Crippen LogP contribution in [0.25, 0.3) is 0 Å². The molecule has 98 valence electrons. The third-order valence-corrected chi connectivity index (χ3v) is 3.48. The van der Waals surface area contributed by atoms with E-state index < -0.39 is 5.97 Å². The zero-order valence-corrected chi connectivity index (χ0v) is 10.7. The number of rotatable bonds is 5. The summed E-state index contributed by atoms with van der Waals surface area (Å²) in [6, 6.07) is 10.1. The summed E-state index contributed by atoms with van der Waals surface area (Å²) in [6.45, 7) is 3.59. The summed E-state index contributed by atoms with van der Waals surface area (Å²) in [5.41, 5.74) is 1.10. The highest BCUT2D eigenvalue weighted by atomic mass is 16.4. The molecule has 0 radical (unpaired) electrons. The molecule has 0 aromatic heterocycles. The molecule has 1 saturated heterocycles. The third-order valence-electron chi connectivity index (χ3n) is 3.48. The lowest BCUT2D eigenvalue weighted by atomic mass is 10.2. The fraction of sp³-hybridized carbons (Fsp3) is 0.500. The number of hydrogen-bond donors (Lipinski definition) is 2. The van der Waals surface area contributed by atoms with Crippen LogP contribution in [0.15, 0.2) is 30.3 Å². The van der Waals surface area contributed by atoms with Crippen LogP contribution in [0.1, 0.15) is 19.8 Å². The lowest BCUT2D eigenvalue weighted by Gasteiger charge is -2.23. The quantitative estimate of drug-likeness (QED) is 0.837.